The van der Waals surface area contributed by atoms with Gasteiger partial charge in [-0.25, -0.2) is 4.98 Å². The van der Waals surface area contributed by atoms with E-state index in [4.69, 9.17) is 4.74 Å². The van der Waals surface area contributed by atoms with Crippen molar-refractivity contribution in [1.29, 1.82) is 0 Å². The minimum Gasteiger partial charge on any atom is -0.378 e. The smallest absolute Gasteiger partial charge is 0.174 e. The molecule has 112 valence electrons. The third-order valence-corrected chi connectivity index (χ3v) is 5.38. The Bertz CT molecular complexity index is 595. The van der Waals surface area contributed by atoms with Gasteiger partial charge in [0.1, 0.15) is 5.01 Å². The predicted molar refractivity (Wildman–Crippen MR) is 85.1 cm³/mol. The molecule has 0 aromatic carbocycles. The molecule has 0 aliphatic carbocycles. The monoisotopic (exact) mass is 322 g/mol. The lowest BCUT2D eigenvalue weighted by molar-refractivity contribution is -0.0125. The summed E-state index contributed by atoms with van der Waals surface area (Å²) in [5.74, 6) is 0.209. The molecule has 1 aliphatic heterocycles. The largest absolute Gasteiger partial charge is 0.378 e. The van der Waals surface area contributed by atoms with E-state index in [1.54, 1.807) is 11.3 Å². The SMILES string of the molecule is Cc1cnc(CN2CCOCC2CC(=O)c2cccs2)s1. The quantitative estimate of drug-likeness (QED) is 0.794. The van der Waals surface area contributed by atoms with Gasteiger partial charge in [0.25, 0.3) is 0 Å². The molecule has 0 N–H and O–H groups in total. The second-order valence-electron chi connectivity index (χ2n) is 5.17. The van der Waals surface area contributed by atoms with Crippen LogP contribution in [0.4, 0.5) is 0 Å². The minimum atomic E-state index is 0.151. The van der Waals surface area contributed by atoms with Crippen LogP contribution in [0.5, 0.6) is 0 Å². The topological polar surface area (TPSA) is 42.4 Å². The summed E-state index contributed by atoms with van der Waals surface area (Å²) in [6, 6.07) is 3.97. The summed E-state index contributed by atoms with van der Waals surface area (Å²) >= 11 is 3.23. The Kier molecular flexibility index (Phi) is 4.80. The number of thiazole rings is 1. The van der Waals surface area contributed by atoms with Crippen LogP contribution in [0.3, 0.4) is 0 Å². The number of aromatic nitrogens is 1. The molecule has 6 heteroatoms. The van der Waals surface area contributed by atoms with Gasteiger partial charge in [0, 0.05) is 30.1 Å². The molecule has 0 saturated carbocycles. The number of thiophene rings is 1. The molecule has 21 heavy (non-hydrogen) atoms. The highest BCUT2D eigenvalue weighted by Crippen LogP contribution is 2.21. The Labute approximate surface area is 132 Å². The highest BCUT2D eigenvalue weighted by Gasteiger charge is 2.26. The van der Waals surface area contributed by atoms with E-state index in [0.717, 1.165) is 29.6 Å². The first-order valence-electron chi connectivity index (χ1n) is 7.02. The number of hydrogen-bond acceptors (Lipinski definition) is 6. The molecule has 0 amide bonds. The third-order valence-electron chi connectivity index (χ3n) is 3.57. The molecule has 1 atom stereocenters. The third kappa shape index (κ3) is 3.77. The van der Waals surface area contributed by atoms with Gasteiger partial charge in [-0.1, -0.05) is 6.07 Å². The van der Waals surface area contributed by atoms with Crippen LogP contribution in [0.2, 0.25) is 0 Å². The van der Waals surface area contributed by atoms with Gasteiger partial charge in [0.15, 0.2) is 5.78 Å². The van der Waals surface area contributed by atoms with E-state index < -0.39 is 0 Å². The number of nitrogens with zero attached hydrogens (tertiary/aromatic N) is 2. The number of Topliss-reactive ketones (excluding diaryl/α,β-unsaturated/α-hetero) is 1. The average molecular weight is 322 g/mol. The molecule has 1 fully saturated rings. The van der Waals surface area contributed by atoms with Crippen LogP contribution < -0.4 is 0 Å². The van der Waals surface area contributed by atoms with Crippen LogP contribution in [0, 0.1) is 6.92 Å². The first-order chi connectivity index (χ1) is 10.2. The predicted octanol–water partition coefficient (Wildman–Crippen LogP) is 2.99. The average Bonchev–Trinajstić information content (AvgIpc) is 3.13. The summed E-state index contributed by atoms with van der Waals surface area (Å²) < 4.78 is 5.57. The number of rotatable bonds is 5. The molecule has 2 aromatic heterocycles. The maximum Gasteiger partial charge on any atom is 0.174 e. The van der Waals surface area contributed by atoms with Crippen LogP contribution in [0.1, 0.15) is 26.0 Å². The summed E-state index contributed by atoms with van der Waals surface area (Å²) in [5, 5.41) is 3.06. The lowest BCUT2D eigenvalue weighted by Crippen LogP contribution is -2.45. The van der Waals surface area contributed by atoms with E-state index in [0.29, 0.717) is 13.0 Å². The van der Waals surface area contributed by atoms with Crippen molar-refractivity contribution in [3.05, 3.63) is 38.5 Å². The molecule has 3 heterocycles. The number of hydrogen-bond donors (Lipinski definition) is 0. The Morgan fingerprint density at radius 2 is 2.48 bits per heavy atom. The van der Waals surface area contributed by atoms with E-state index in [-0.39, 0.29) is 11.8 Å². The molecule has 0 radical (unpaired) electrons. The van der Waals surface area contributed by atoms with Crippen molar-refractivity contribution in [2.45, 2.75) is 25.9 Å². The zero-order chi connectivity index (χ0) is 14.7. The maximum absolute atomic E-state index is 12.3. The first-order valence-corrected chi connectivity index (χ1v) is 8.72. The van der Waals surface area contributed by atoms with Crippen molar-refractivity contribution in [3.63, 3.8) is 0 Å². The van der Waals surface area contributed by atoms with Gasteiger partial charge >= 0.3 is 0 Å². The lowest BCUT2D eigenvalue weighted by atomic mass is 10.1. The second kappa shape index (κ2) is 6.79. The molecular weight excluding hydrogens is 304 g/mol. The fraction of sp³-hybridized carbons (Fsp3) is 0.467. The zero-order valence-electron chi connectivity index (χ0n) is 11.9. The van der Waals surface area contributed by atoms with Gasteiger partial charge < -0.3 is 4.74 Å². The molecule has 4 nitrogen and oxygen atoms in total. The number of morpholine rings is 1. The number of aryl methyl sites for hydroxylation is 1. The Hall–Kier alpha value is -1.08. The van der Waals surface area contributed by atoms with Gasteiger partial charge in [-0.2, -0.15) is 0 Å². The van der Waals surface area contributed by atoms with Crippen LogP contribution in [0.25, 0.3) is 0 Å². The Balaban J connectivity index is 1.65. The van der Waals surface area contributed by atoms with Crippen molar-refractivity contribution >= 4 is 28.5 Å². The highest BCUT2D eigenvalue weighted by molar-refractivity contribution is 7.12. The summed E-state index contributed by atoms with van der Waals surface area (Å²) in [5.41, 5.74) is 0. The summed E-state index contributed by atoms with van der Waals surface area (Å²) in [7, 11) is 0. The molecule has 1 unspecified atom stereocenters. The highest BCUT2D eigenvalue weighted by atomic mass is 32.1. The number of carbonyl (C=O) groups excluding carboxylic acids is 1. The summed E-state index contributed by atoms with van der Waals surface area (Å²) in [6.45, 7) is 5.10. The fourth-order valence-corrected chi connectivity index (χ4v) is 3.97. The van der Waals surface area contributed by atoms with Crippen molar-refractivity contribution in [2.75, 3.05) is 19.8 Å². The number of ketones is 1. The maximum atomic E-state index is 12.3. The van der Waals surface area contributed by atoms with Crippen LogP contribution in [-0.4, -0.2) is 41.5 Å². The van der Waals surface area contributed by atoms with E-state index in [1.165, 1.54) is 16.2 Å². The second-order valence-corrected chi connectivity index (χ2v) is 7.44. The van der Waals surface area contributed by atoms with Gasteiger partial charge in [0.2, 0.25) is 0 Å². The standard InChI is InChI=1S/C15H18N2O2S2/c1-11-8-16-15(21-11)9-17-4-5-19-10-12(17)7-13(18)14-3-2-6-20-14/h2-3,6,8,12H,4-5,7,9-10H2,1H3. The molecule has 3 rings (SSSR count). The Morgan fingerprint density at radius 3 is 3.19 bits per heavy atom. The molecular formula is C15H18N2O2S2. The van der Waals surface area contributed by atoms with E-state index >= 15 is 0 Å². The number of carbonyl (C=O) groups is 1. The number of ether oxygens (including phenoxy) is 1. The van der Waals surface area contributed by atoms with E-state index in [9.17, 15) is 4.79 Å². The molecule has 0 spiro atoms. The minimum absolute atomic E-state index is 0.151. The first kappa shape index (κ1) is 14.8. The fourth-order valence-electron chi connectivity index (χ4n) is 2.49. The lowest BCUT2D eigenvalue weighted by Gasteiger charge is -2.34. The van der Waals surface area contributed by atoms with Crippen molar-refractivity contribution in [2.24, 2.45) is 0 Å². The molecule has 1 saturated heterocycles. The Morgan fingerprint density at radius 1 is 1.57 bits per heavy atom. The van der Waals surface area contributed by atoms with Crippen molar-refractivity contribution in [3.8, 4) is 0 Å². The van der Waals surface area contributed by atoms with Gasteiger partial charge in [-0.05, 0) is 18.4 Å². The zero-order valence-corrected chi connectivity index (χ0v) is 13.6. The van der Waals surface area contributed by atoms with Crippen LogP contribution in [0.15, 0.2) is 23.7 Å². The van der Waals surface area contributed by atoms with E-state index in [2.05, 4.69) is 16.8 Å². The normalized spacial score (nSPS) is 19.8. The summed E-state index contributed by atoms with van der Waals surface area (Å²) in [6.07, 6.45) is 2.43. The van der Waals surface area contributed by atoms with Gasteiger partial charge in [-0.3, -0.25) is 9.69 Å². The van der Waals surface area contributed by atoms with Gasteiger partial charge in [0.05, 0.1) is 24.6 Å². The summed E-state index contributed by atoms with van der Waals surface area (Å²) in [4.78, 5) is 21.1. The van der Waals surface area contributed by atoms with Crippen molar-refractivity contribution in [1.82, 2.24) is 9.88 Å². The van der Waals surface area contributed by atoms with Crippen molar-refractivity contribution < 1.29 is 9.53 Å². The van der Waals surface area contributed by atoms with Gasteiger partial charge in [-0.15, -0.1) is 22.7 Å². The molecule has 0 bridgehead atoms. The van der Waals surface area contributed by atoms with Crippen LogP contribution in [-0.2, 0) is 11.3 Å². The van der Waals surface area contributed by atoms with E-state index in [1.807, 2.05) is 23.7 Å². The molecule has 2 aromatic rings. The van der Waals surface area contributed by atoms with Crippen LogP contribution >= 0.6 is 22.7 Å². The molecule has 1 aliphatic rings.